The molecule has 3 saturated heterocycles. The van der Waals surface area contributed by atoms with Gasteiger partial charge in [0.15, 0.2) is 0 Å². The van der Waals surface area contributed by atoms with E-state index in [4.69, 9.17) is 21.1 Å². The van der Waals surface area contributed by atoms with Crippen molar-refractivity contribution in [3.05, 3.63) is 54.6 Å². The lowest BCUT2D eigenvalue weighted by Gasteiger charge is -2.39. The summed E-state index contributed by atoms with van der Waals surface area (Å²) in [5.74, 6) is -3.18. The molecule has 8 nitrogen and oxygen atoms in total. The van der Waals surface area contributed by atoms with Gasteiger partial charge in [-0.2, -0.15) is 0 Å². The summed E-state index contributed by atoms with van der Waals surface area (Å²) < 4.78 is 12.1. The van der Waals surface area contributed by atoms with Crippen LogP contribution in [0, 0.1) is 17.8 Å². The molecule has 3 fully saturated rings. The molecule has 4 rings (SSSR count). The smallest absolute Gasteiger partial charge is 0.313 e. The van der Waals surface area contributed by atoms with Gasteiger partial charge in [-0.3, -0.25) is 14.4 Å². The van der Waals surface area contributed by atoms with Crippen LogP contribution < -0.4 is 4.90 Å². The third kappa shape index (κ3) is 4.10. The Balaban J connectivity index is 1.86. The maximum atomic E-state index is 14.5. The highest BCUT2D eigenvalue weighted by atomic mass is 35.5. The quantitative estimate of drug-likeness (QED) is 0.368. The molecule has 3 unspecified atom stereocenters. The van der Waals surface area contributed by atoms with E-state index in [0.29, 0.717) is 23.6 Å². The largest absolute Gasteiger partial charge is 0.461 e. The highest BCUT2D eigenvalue weighted by Gasteiger charge is 2.80. The van der Waals surface area contributed by atoms with Crippen molar-refractivity contribution < 1.29 is 29.0 Å². The van der Waals surface area contributed by atoms with Crippen LogP contribution in [0.5, 0.6) is 0 Å². The number of carbonyl (C=O) groups excluding carboxylic acids is 3. The number of likely N-dealkylation sites (tertiary alicyclic amines) is 1. The van der Waals surface area contributed by atoms with Crippen molar-refractivity contribution >= 4 is 35.1 Å². The summed E-state index contributed by atoms with van der Waals surface area (Å²) in [7, 11) is 0. The van der Waals surface area contributed by atoms with Gasteiger partial charge < -0.3 is 24.4 Å². The highest BCUT2D eigenvalue weighted by Crippen LogP contribution is 2.65. The Hall–Kier alpha value is -2.68. The molecule has 3 aliphatic heterocycles. The number of anilines is 1. The van der Waals surface area contributed by atoms with Crippen molar-refractivity contribution in [1.29, 1.82) is 0 Å². The molecule has 200 valence electrons. The van der Waals surface area contributed by atoms with Gasteiger partial charge in [0.1, 0.15) is 24.2 Å². The summed E-state index contributed by atoms with van der Waals surface area (Å²) in [5.41, 5.74) is -1.63. The summed E-state index contributed by atoms with van der Waals surface area (Å²) in [5, 5.41) is 10.8. The van der Waals surface area contributed by atoms with Crippen molar-refractivity contribution in [2.24, 2.45) is 17.8 Å². The van der Waals surface area contributed by atoms with Crippen molar-refractivity contribution in [3.8, 4) is 0 Å². The van der Waals surface area contributed by atoms with E-state index in [0.717, 1.165) is 0 Å². The third-order valence-electron chi connectivity index (χ3n) is 8.38. The molecule has 2 amide bonds. The second-order valence-electron chi connectivity index (χ2n) is 10.3. The van der Waals surface area contributed by atoms with E-state index in [9.17, 15) is 19.5 Å². The number of ether oxygens (including phenoxy) is 2. The van der Waals surface area contributed by atoms with E-state index in [-0.39, 0.29) is 37.5 Å². The fraction of sp³-hybridized carbons (Fsp3) is 0.536. The molecule has 0 aromatic heterocycles. The zero-order chi connectivity index (χ0) is 27.1. The highest BCUT2D eigenvalue weighted by molar-refractivity contribution is 6.30. The molecule has 3 heterocycles. The Kier molecular flexibility index (Phi) is 7.57. The Morgan fingerprint density at radius 3 is 2.57 bits per heavy atom. The molecular formula is C28H35ClN2O6. The number of fused-ring (bicyclic) bond motifs is 1. The van der Waals surface area contributed by atoms with E-state index < -0.39 is 41.1 Å². The SMILES string of the molecule is C=CCOC(=O)[C@@H]1[C@H]2C(=O)N([C@@H](CC)CO)C(C(=O)N(CC=C)c3ccc(Cl)cc3)C23CC(C)[C@@]1(C)O3. The molecule has 0 saturated carbocycles. The fourth-order valence-corrected chi connectivity index (χ4v) is 6.70. The number of hydrogen-bond donors (Lipinski definition) is 1. The van der Waals surface area contributed by atoms with Crippen LogP contribution in [0.15, 0.2) is 49.6 Å². The van der Waals surface area contributed by atoms with Gasteiger partial charge in [0.05, 0.1) is 24.2 Å². The Bertz CT molecular complexity index is 1090. The van der Waals surface area contributed by atoms with E-state index in [1.54, 1.807) is 35.2 Å². The number of hydrogen-bond acceptors (Lipinski definition) is 6. The molecule has 1 aromatic carbocycles. The monoisotopic (exact) mass is 530 g/mol. The first-order valence-corrected chi connectivity index (χ1v) is 13.1. The standard InChI is InChI=1S/C28H35ClN2O6/c1-6-13-30(20-11-9-18(29)10-12-20)25(34)23-28-15-17(4)27(5,37-28)22(26(35)36-14-7-2)21(28)24(33)31(23)19(8-3)16-32/h6-7,9-12,17,19,21-23,32H,1-2,8,13-16H2,3-5H3/t17?,19-,21-,22-,23?,27+,28?/m0/s1. The number of esters is 1. The summed E-state index contributed by atoms with van der Waals surface area (Å²) in [6.45, 7) is 12.9. The van der Waals surface area contributed by atoms with Crippen LogP contribution in [0.25, 0.3) is 0 Å². The van der Waals surface area contributed by atoms with E-state index in [1.807, 2.05) is 20.8 Å². The number of aliphatic hydroxyl groups is 1. The van der Waals surface area contributed by atoms with Gasteiger partial charge in [-0.15, -0.1) is 6.58 Å². The zero-order valence-corrected chi connectivity index (χ0v) is 22.3. The van der Waals surface area contributed by atoms with Crippen LogP contribution in [0.4, 0.5) is 5.69 Å². The number of rotatable bonds is 10. The minimum Gasteiger partial charge on any atom is -0.461 e. The van der Waals surface area contributed by atoms with Gasteiger partial charge in [-0.1, -0.05) is 44.2 Å². The zero-order valence-electron chi connectivity index (χ0n) is 21.6. The fourth-order valence-electron chi connectivity index (χ4n) is 6.57. The summed E-state index contributed by atoms with van der Waals surface area (Å²) in [6, 6.07) is 5.18. The maximum Gasteiger partial charge on any atom is 0.313 e. The number of benzene rings is 1. The molecule has 3 aliphatic rings. The number of amides is 2. The first kappa shape index (κ1) is 27.4. The van der Waals surface area contributed by atoms with Crippen LogP contribution >= 0.6 is 11.6 Å². The molecule has 0 radical (unpaired) electrons. The van der Waals surface area contributed by atoms with Gasteiger partial charge in [-0.25, -0.2) is 0 Å². The second-order valence-corrected chi connectivity index (χ2v) is 10.8. The van der Waals surface area contributed by atoms with Gasteiger partial charge in [0.25, 0.3) is 5.91 Å². The van der Waals surface area contributed by atoms with Crippen molar-refractivity contribution in [3.63, 3.8) is 0 Å². The molecule has 1 aromatic rings. The lowest BCUT2D eigenvalue weighted by molar-refractivity contribution is -0.161. The molecule has 1 spiro atoms. The van der Waals surface area contributed by atoms with Crippen LogP contribution in [0.2, 0.25) is 5.02 Å². The second kappa shape index (κ2) is 10.2. The number of nitrogens with zero attached hydrogens (tertiary/aromatic N) is 2. The average molecular weight is 531 g/mol. The minimum atomic E-state index is -1.24. The number of aliphatic hydroxyl groups excluding tert-OH is 1. The maximum absolute atomic E-state index is 14.5. The molecule has 7 atom stereocenters. The van der Waals surface area contributed by atoms with E-state index in [1.165, 1.54) is 11.0 Å². The first-order valence-electron chi connectivity index (χ1n) is 12.7. The van der Waals surface area contributed by atoms with Crippen LogP contribution in [-0.2, 0) is 23.9 Å². The lowest BCUT2D eigenvalue weighted by Crippen LogP contribution is -2.59. The molecule has 37 heavy (non-hydrogen) atoms. The summed E-state index contributed by atoms with van der Waals surface area (Å²) in [4.78, 5) is 44.9. The van der Waals surface area contributed by atoms with Crippen molar-refractivity contribution in [2.45, 2.75) is 56.9 Å². The molecule has 9 heteroatoms. The van der Waals surface area contributed by atoms with E-state index in [2.05, 4.69) is 13.2 Å². The van der Waals surface area contributed by atoms with Crippen LogP contribution in [-0.4, -0.2) is 70.8 Å². The topological polar surface area (TPSA) is 96.4 Å². The number of halogens is 1. The normalized spacial score (nSPS) is 32.7. The van der Waals surface area contributed by atoms with Gasteiger partial charge in [0, 0.05) is 17.3 Å². The molecular weight excluding hydrogens is 496 g/mol. The lowest BCUT2D eigenvalue weighted by atomic mass is 9.62. The van der Waals surface area contributed by atoms with Crippen LogP contribution in [0.3, 0.4) is 0 Å². The predicted molar refractivity (Wildman–Crippen MR) is 140 cm³/mol. The molecule has 0 aliphatic carbocycles. The first-order chi connectivity index (χ1) is 17.6. The van der Waals surface area contributed by atoms with Crippen LogP contribution in [0.1, 0.15) is 33.6 Å². The third-order valence-corrected chi connectivity index (χ3v) is 8.63. The molecule has 2 bridgehead atoms. The molecule has 1 N–H and O–H groups in total. The van der Waals surface area contributed by atoms with Crippen molar-refractivity contribution in [1.82, 2.24) is 4.90 Å². The summed E-state index contributed by atoms with van der Waals surface area (Å²) >= 11 is 6.08. The Labute approximate surface area is 222 Å². The Morgan fingerprint density at radius 2 is 2.00 bits per heavy atom. The predicted octanol–water partition coefficient (Wildman–Crippen LogP) is 3.37. The Morgan fingerprint density at radius 1 is 1.32 bits per heavy atom. The summed E-state index contributed by atoms with van der Waals surface area (Å²) in [6.07, 6.45) is 3.93. The van der Waals surface area contributed by atoms with Gasteiger partial charge in [0.2, 0.25) is 5.91 Å². The average Bonchev–Trinajstić information content (AvgIpc) is 3.39. The van der Waals surface area contributed by atoms with Gasteiger partial charge in [-0.05, 0) is 49.9 Å². The van der Waals surface area contributed by atoms with Crippen molar-refractivity contribution in [2.75, 3.05) is 24.7 Å². The van der Waals surface area contributed by atoms with Gasteiger partial charge >= 0.3 is 5.97 Å². The van der Waals surface area contributed by atoms with E-state index >= 15 is 0 Å². The number of carbonyl (C=O) groups is 3. The minimum absolute atomic E-state index is 0.0116.